The van der Waals surface area contributed by atoms with Crippen molar-refractivity contribution in [1.82, 2.24) is 20.1 Å². The Kier molecular flexibility index (Phi) is 4.65. The summed E-state index contributed by atoms with van der Waals surface area (Å²) in [6.07, 6.45) is 5.25. The topological polar surface area (TPSA) is 59.8 Å². The first-order valence-corrected chi connectivity index (χ1v) is 8.28. The molecule has 0 saturated carbocycles. The van der Waals surface area contributed by atoms with Gasteiger partial charge in [-0.2, -0.15) is 5.10 Å². The fourth-order valence-corrected chi connectivity index (χ4v) is 2.57. The van der Waals surface area contributed by atoms with E-state index in [9.17, 15) is 4.79 Å². The van der Waals surface area contributed by atoms with Gasteiger partial charge in [0.05, 0.1) is 0 Å². The maximum Gasteiger partial charge on any atom is 0.251 e. The number of carbonyl (C=O) groups is 1. The molecule has 2 aromatic heterocycles. The molecule has 128 valence electrons. The van der Waals surface area contributed by atoms with Crippen molar-refractivity contribution in [2.24, 2.45) is 0 Å². The van der Waals surface area contributed by atoms with Gasteiger partial charge in [-0.3, -0.25) is 4.79 Å². The van der Waals surface area contributed by atoms with E-state index in [4.69, 9.17) is 0 Å². The molecule has 1 aromatic carbocycles. The number of benzene rings is 1. The summed E-state index contributed by atoms with van der Waals surface area (Å²) < 4.78 is 1.69. The molecule has 3 rings (SSSR count). The number of pyridine rings is 1. The molecule has 0 saturated heterocycles. The van der Waals surface area contributed by atoms with E-state index < -0.39 is 0 Å². The number of rotatable bonds is 4. The van der Waals surface area contributed by atoms with Crippen LogP contribution in [0, 0.1) is 0 Å². The highest BCUT2D eigenvalue weighted by molar-refractivity contribution is 5.94. The molecule has 5 nitrogen and oxygen atoms in total. The predicted octanol–water partition coefficient (Wildman–Crippen LogP) is 3.49. The van der Waals surface area contributed by atoms with E-state index in [2.05, 4.69) is 36.2 Å². The third kappa shape index (κ3) is 3.94. The Labute approximate surface area is 147 Å². The lowest BCUT2D eigenvalue weighted by Crippen LogP contribution is -2.24. The number of carbonyl (C=O) groups excluding carboxylic acids is 1. The van der Waals surface area contributed by atoms with E-state index in [-0.39, 0.29) is 11.3 Å². The lowest BCUT2D eigenvalue weighted by atomic mass is 9.87. The van der Waals surface area contributed by atoms with Gasteiger partial charge in [-0.15, -0.1) is 0 Å². The van der Waals surface area contributed by atoms with Crippen LogP contribution in [0.25, 0.3) is 5.82 Å². The van der Waals surface area contributed by atoms with Gasteiger partial charge in [0.25, 0.3) is 5.91 Å². The van der Waals surface area contributed by atoms with Crippen molar-refractivity contribution in [3.63, 3.8) is 0 Å². The Bertz CT molecular complexity index is 846. The van der Waals surface area contributed by atoms with Crippen molar-refractivity contribution in [1.29, 1.82) is 0 Å². The summed E-state index contributed by atoms with van der Waals surface area (Å²) >= 11 is 0. The quantitative estimate of drug-likeness (QED) is 0.794. The molecule has 3 aromatic rings. The lowest BCUT2D eigenvalue weighted by molar-refractivity contribution is 0.0951. The Hall–Kier alpha value is -2.95. The van der Waals surface area contributed by atoms with Gasteiger partial charge in [0.1, 0.15) is 0 Å². The van der Waals surface area contributed by atoms with Crippen LogP contribution in [0.2, 0.25) is 0 Å². The first-order chi connectivity index (χ1) is 11.9. The summed E-state index contributed by atoms with van der Waals surface area (Å²) in [4.78, 5) is 16.8. The summed E-state index contributed by atoms with van der Waals surface area (Å²) in [6, 6.07) is 13.4. The Morgan fingerprint density at radius 2 is 1.84 bits per heavy atom. The summed E-state index contributed by atoms with van der Waals surface area (Å²) in [5.74, 6) is 0.617. The minimum atomic E-state index is -0.101. The first-order valence-electron chi connectivity index (χ1n) is 8.28. The first kappa shape index (κ1) is 16.9. The van der Waals surface area contributed by atoms with Gasteiger partial charge in [-0.1, -0.05) is 39.0 Å². The summed E-state index contributed by atoms with van der Waals surface area (Å²) in [5.41, 5.74) is 2.84. The van der Waals surface area contributed by atoms with Crippen LogP contribution in [0.1, 0.15) is 42.3 Å². The third-order valence-corrected chi connectivity index (χ3v) is 4.04. The minimum Gasteiger partial charge on any atom is -0.348 e. The highest BCUT2D eigenvalue weighted by atomic mass is 16.1. The van der Waals surface area contributed by atoms with Gasteiger partial charge < -0.3 is 5.32 Å². The molecule has 1 amide bonds. The minimum absolute atomic E-state index is 0.0728. The average molecular weight is 334 g/mol. The zero-order chi connectivity index (χ0) is 17.9. The van der Waals surface area contributed by atoms with Gasteiger partial charge in [-0.05, 0) is 35.2 Å². The molecular weight excluding hydrogens is 312 g/mol. The molecule has 25 heavy (non-hydrogen) atoms. The number of amides is 1. The molecular formula is C20H22N4O. The van der Waals surface area contributed by atoms with Crippen molar-refractivity contribution >= 4 is 5.91 Å². The van der Waals surface area contributed by atoms with Gasteiger partial charge in [-0.25, -0.2) is 9.67 Å². The Morgan fingerprint density at radius 1 is 1.08 bits per heavy atom. The second-order valence-electron chi connectivity index (χ2n) is 6.95. The van der Waals surface area contributed by atoms with Crippen LogP contribution in [0.4, 0.5) is 0 Å². The highest BCUT2D eigenvalue weighted by Crippen LogP contribution is 2.22. The van der Waals surface area contributed by atoms with Gasteiger partial charge >= 0.3 is 0 Å². The average Bonchev–Trinajstić information content (AvgIpc) is 3.14. The maximum absolute atomic E-state index is 12.4. The smallest absolute Gasteiger partial charge is 0.251 e. The summed E-state index contributed by atoms with van der Waals surface area (Å²) in [7, 11) is 0. The Balaban J connectivity index is 1.71. The number of hydrogen-bond donors (Lipinski definition) is 1. The van der Waals surface area contributed by atoms with E-state index in [0.717, 1.165) is 11.4 Å². The molecule has 0 aliphatic rings. The third-order valence-electron chi connectivity index (χ3n) is 4.04. The van der Waals surface area contributed by atoms with Crippen molar-refractivity contribution in [3.05, 3.63) is 77.7 Å². The van der Waals surface area contributed by atoms with E-state index in [0.29, 0.717) is 12.1 Å². The SMILES string of the molecule is CC(C)(C)c1ccc(C(=O)NCc2cccnc2-n2cccn2)cc1. The monoisotopic (exact) mass is 334 g/mol. The fourth-order valence-electron chi connectivity index (χ4n) is 2.57. The molecule has 0 spiro atoms. The molecule has 0 bridgehead atoms. The van der Waals surface area contributed by atoms with Gasteiger partial charge in [0.2, 0.25) is 0 Å². The lowest BCUT2D eigenvalue weighted by Gasteiger charge is -2.19. The number of nitrogens with one attached hydrogen (secondary N) is 1. The molecule has 0 aliphatic carbocycles. The van der Waals surface area contributed by atoms with E-state index in [1.54, 1.807) is 17.1 Å². The predicted molar refractivity (Wildman–Crippen MR) is 97.7 cm³/mol. The van der Waals surface area contributed by atoms with Crippen molar-refractivity contribution < 1.29 is 4.79 Å². The summed E-state index contributed by atoms with van der Waals surface area (Å²) in [5, 5.41) is 7.16. The van der Waals surface area contributed by atoms with Crippen molar-refractivity contribution in [3.8, 4) is 5.82 Å². The van der Waals surface area contributed by atoms with E-state index in [1.165, 1.54) is 5.56 Å². The van der Waals surface area contributed by atoms with Crippen LogP contribution in [0.15, 0.2) is 61.1 Å². The fraction of sp³-hybridized carbons (Fsp3) is 0.250. The van der Waals surface area contributed by atoms with Crippen LogP contribution in [0.5, 0.6) is 0 Å². The standard InChI is InChI=1S/C20H22N4O/c1-20(2,3)17-9-7-15(8-10-17)19(25)22-14-16-6-4-11-21-18(16)24-13-5-12-23-24/h4-13H,14H2,1-3H3,(H,22,25). The van der Waals surface area contributed by atoms with Gasteiger partial charge in [0.15, 0.2) is 5.82 Å². The zero-order valence-electron chi connectivity index (χ0n) is 14.7. The van der Waals surface area contributed by atoms with Gasteiger partial charge in [0, 0.05) is 36.3 Å². The molecule has 0 fully saturated rings. The molecule has 2 heterocycles. The largest absolute Gasteiger partial charge is 0.348 e. The van der Waals surface area contributed by atoms with Crippen LogP contribution < -0.4 is 5.32 Å². The van der Waals surface area contributed by atoms with E-state index >= 15 is 0 Å². The van der Waals surface area contributed by atoms with Crippen molar-refractivity contribution in [2.45, 2.75) is 32.7 Å². The zero-order valence-corrected chi connectivity index (χ0v) is 14.7. The molecule has 0 radical (unpaired) electrons. The number of hydrogen-bond acceptors (Lipinski definition) is 3. The summed E-state index contributed by atoms with van der Waals surface area (Å²) in [6.45, 7) is 6.85. The molecule has 1 N–H and O–H groups in total. The number of nitrogens with zero attached hydrogens (tertiary/aromatic N) is 3. The molecule has 0 unspecified atom stereocenters. The second kappa shape index (κ2) is 6.89. The van der Waals surface area contributed by atoms with Crippen LogP contribution in [-0.4, -0.2) is 20.7 Å². The van der Waals surface area contributed by atoms with E-state index in [1.807, 2.05) is 48.7 Å². The normalized spacial score (nSPS) is 11.3. The number of aromatic nitrogens is 3. The molecule has 0 atom stereocenters. The second-order valence-corrected chi connectivity index (χ2v) is 6.95. The van der Waals surface area contributed by atoms with Crippen LogP contribution in [0.3, 0.4) is 0 Å². The highest BCUT2D eigenvalue weighted by Gasteiger charge is 2.14. The maximum atomic E-state index is 12.4. The Morgan fingerprint density at radius 3 is 2.48 bits per heavy atom. The molecule has 0 aliphatic heterocycles. The van der Waals surface area contributed by atoms with Crippen LogP contribution in [-0.2, 0) is 12.0 Å². The molecule has 5 heteroatoms. The van der Waals surface area contributed by atoms with Crippen molar-refractivity contribution in [2.75, 3.05) is 0 Å². The van der Waals surface area contributed by atoms with Crippen LogP contribution >= 0.6 is 0 Å².